The predicted octanol–water partition coefficient (Wildman–Crippen LogP) is 4.35. The lowest BCUT2D eigenvalue weighted by atomic mass is 10.2. The molecule has 7 heteroatoms. The van der Waals surface area contributed by atoms with E-state index < -0.39 is 0 Å². The fourth-order valence-electron chi connectivity index (χ4n) is 2.30. The van der Waals surface area contributed by atoms with Gasteiger partial charge in [-0.25, -0.2) is 0 Å². The lowest BCUT2D eigenvalue weighted by molar-refractivity contribution is 1.07. The molecular formula is C13H7ClN4S2. The molecule has 0 amide bonds. The highest BCUT2D eigenvalue weighted by Crippen LogP contribution is 2.31. The number of nitrogens with one attached hydrogen (secondary N) is 1. The maximum Gasteiger partial charge on any atom is 0.182 e. The minimum Gasteiger partial charge on any atom is -0.330 e. The number of benzene rings is 2. The molecule has 0 aliphatic heterocycles. The molecule has 0 saturated heterocycles. The lowest BCUT2D eigenvalue weighted by Gasteiger charge is -2.07. The van der Waals surface area contributed by atoms with Gasteiger partial charge in [-0.3, -0.25) is 4.57 Å². The Bertz CT molecular complexity index is 998. The molecular weight excluding hydrogens is 312 g/mol. The van der Waals surface area contributed by atoms with Gasteiger partial charge in [-0.1, -0.05) is 23.7 Å². The van der Waals surface area contributed by atoms with E-state index in [-0.39, 0.29) is 0 Å². The molecule has 0 fully saturated rings. The van der Waals surface area contributed by atoms with Crippen molar-refractivity contribution in [3.05, 3.63) is 46.2 Å². The largest absolute Gasteiger partial charge is 0.330 e. The molecule has 4 rings (SSSR count). The molecule has 0 aliphatic carbocycles. The number of aromatic nitrogens is 4. The van der Waals surface area contributed by atoms with Crippen molar-refractivity contribution in [3.8, 4) is 5.69 Å². The second-order valence-corrected chi connectivity index (χ2v) is 5.63. The zero-order valence-electron chi connectivity index (χ0n) is 10.0. The van der Waals surface area contributed by atoms with E-state index >= 15 is 0 Å². The van der Waals surface area contributed by atoms with Crippen molar-refractivity contribution in [1.82, 2.24) is 18.3 Å². The van der Waals surface area contributed by atoms with Gasteiger partial charge in [0.25, 0.3) is 0 Å². The summed E-state index contributed by atoms with van der Waals surface area (Å²) in [5.74, 6) is 0. The number of para-hydroxylation sites is 2. The summed E-state index contributed by atoms with van der Waals surface area (Å²) < 4.78 is 11.1. The maximum absolute atomic E-state index is 6.38. The molecule has 20 heavy (non-hydrogen) atoms. The van der Waals surface area contributed by atoms with E-state index in [1.54, 1.807) is 0 Å². The number of aromatic amines is 1. The number of imidazole rings is 1. The van der Waals surface area contributed by atoms with Gasteiger partial charge in [-0.15, -0.1) is 0 Å². The van der Waals surface area contributed by atoms with Crippen LogP contribution in [0, 0.1) is 4.77 Å². The summed E-state index contributed by atoms with van der Waals surface area (Å²) in [4.78, 5) is 3.18. The van der Waals surface area contributed by atoms with Crippen LogP contribution in [0.25, 0.3) is 27.8 Å². The van der Waals surface area contributed by atoms with E-state index in [1.165, 1.54) is 11.7 Å². The smallest absolute Gasteiger partial charge is 0.182 e. The highest BCUT2D eigenvalue weighted by atomic mass is 35.5. The van der Waals surface area contributed by atoms with Gasteiger partial charge in [0.1, 0.15) is 11.0 Å². The first-order valence-electron chi connectivity index (χ1n) is 5.86. The third kappa shape index (κ3) is 1.62. The topological polar surface area (TPSA) is 46.5 Å². The van der Waals surface area contributed by atoms with Crippen LogP contribution in [-0.2, 0) is 0 Å². The van der Waals surface area contributed by atoms with Crippen molar-refractivity contribution in [1.29, 1.82) is 0 Å². The van der Waals surface area contributed by atoms with Crippen molar-refractivity contribution in [2.45, 2.75) is 0 Å². The van der Waals surface area contributed by atoms with Gasteiger partial charge in [0, 0.05) is 0 Å². The SMILES string of the molecule is S=c1[nH]c2ccccc2n1-c1c(Cl)ccc2nsnc12. The summed E-state index contributed by atoms with van der Waals surface area (Å²) in [5, 5.41) is 0.603. The third-order valence-electron chi connectivity index (χ3n) is 3.17. The number of fused-ring (bicyclic) bond motifs is 2. The van der Waals surface area contributed by atoms with E-state index in [2.05, 4.69) is 13.7 Å². The fourth-order valence-corrected chi connectivity index (χ4v) is 3.38. The Kier molecular flexibility index (Phi) is 2.63. The van der Waals surface area contributed by atoms with Gasteiger partial charge in [0.05, 0.1) is 33.5 Å². The first kappa shape index (κ1) is 12.0. The van der Waals surface area contributed by atoms with Crippen molar-refractivity contribution in [3.63, 3.8) is 0 Å². The average Bonchev–Trinajstić information content (AvgIpc) is 3.03. The summed E-state index contributed by atoms with van der Waals surface area (Å²) in [6.07, 6.45) is 0. The molecule has 4 nitrogen and oxygen atoms in total. The van der Waals surface area contributed by atoms with E-state index in [4.69, 9.17) is 23.8 Å². The van der Waals surface area contributed by atoms with Crippen LogP contribution in [0.3, 0.4) is 0 Å². The van der Waals surface area contributed by atoms with Crippen molar-refractivity contribution >= 4 is 57.6 Å². The molecule has 0 spiro atoms. The van der Waals surface area contributed by atoms with E-state index in [9.17, 15) is 0 Å². The van der Waals surface area contributed by atoms with Crippen LogP contribution in [0.15, 0.2) is 36.4 Å². The minimum absolute atomic E-state index is 0.591. The van der Waals surface area contributed by atoms with Crippen molar-refractivity contribution in [2.24, 2.45) is 0 Å². The zero-order chi connectivity index (χ0) is 13.7. The van der Waals surface area contributed by atoms with E-state index in [0.29, 0.717) is 9.79 Å². The molecule has 2 heterocycles. The average molecular weight is 319 g/mol. The summed E-state index contributed by atoms with van der Waals surface area (Å²) in [7, 11) is 0. The van der Waals surface area contributed by atoms with Crippen LogP contribution in [0.5, 0.6) is 0 Å². The normalized spacial score (nSPS) is 11.4. The van der Waals surface area contributed by atoms with Crippen LogP contribution < -0.4 is 0 Å². The van der Waals surface area contributed by atoms with Crippen LogP contribution >= 0.6 is 35.5 Å². The summed E-state index contributed by atoms with van der Waals surface area (Å²) >= 11 is 13.0. The number of hydrogen-bond donors (Lipinski definition) is 1. The number of hydrogen-bond acceptors (Lipinski definition) is 4. The minimum atomic E-state index is 0.591. The molecule has 2 aromatic heterocycles. The van der Waals surface area contributed by atoms with Gasteiger partial charge in [-0.2, -0.15) is 8.75 Å². The Balaban J connectivity index is 2.22. The van der Waals surface area contributed by atoms with Gasteiger partial charge >= 0.3 is 0 Å². The van der Waals surface area contributed by atoms with Crippen LogP contribution in [-0.4, -0.2) is 18.3 Å². The number of rotatable bonds is 1. The van der Waals surface area contributed by atoms with Crippen LogP contribution in [0.4, 0.5) is 0 Å². The molecule has 0 aliphatic rings. The second kappa shape index (κ2) is 4.37. The number of nitrogens with zero attached hydrogens (tertiary/aromatic N) is 3. The van der Waals surface area contributed by atoms with Crippen LogP contribution in [0.2, 0.25) is 5.02 Å². The maximum atomic E-state index is 6.38. The molecule has 1 N–H and O–H groups in total. The zero-order valence-corrected chi connectivity index (χ0v) is 12.4. The monoisotopic (exact) mass is 318 g/mol. The molecule has 0 bridgehead atoms. The number of H-pyrrole nitrogens is 1. The van der Waals surface area contributed by atoms with Crippen LogP contribution in [0.1, 0.15) is 0 Å². The first-order valence-corrected chi connectivity index (χ1v) is 7.38. The molecule has 0 radical (unpaired) electrons. The van der Waals surface area contributed by atoms with Gasteiger partial charge < -0.3 is 4.98 Å². The molecule has 4 aromatic rings. The van der Waals surface area contributed by atoms with Crippen molar-refractivity contribution in [2.75, 3.05) is 0 Å². The fraction of sp³-hybridized carbons (Fsp3) is 0. The quantitative estimate of drug-likeness (QED) is 0.531. The predicted molar refractivity (Wildman–Crippen MR) is 84.4 cm³/mol. The third-order valence-corrected chi connectivity index (χ3v) is 4.30. The van der Waals surface area contributed by atoms with E-state index in [1.807, 2.05) is 41.0 Å². The van der Waals surface area contributed by atoms with Gasteiger partial charge in [-0.05, 0) is 36.5 Å². The Morgan fingerprint density at radius 1 is 1.15 bits per heavy atom. The highest BCUT2D eigenvalue weighted by molar-refractivity contribution is 7.71. The Labute approximate surface area is 128 Å². The molecule has 0 saturated carbocycles. The lowest BCUT2D eigenvalue weighted by Crippen LogP contribution is -1.96. The summed E-state index contributed by atoms with van der Waals surface area (Å²) in [6.45, 7) is 0. The Morgan fingerprint density at radius 3 is 2.90 bits per heavy atom. The second-order valence-electron chi connectivity index (χ2n) is 4.31. The molecule has 0 unspecified atom stereocenters. The summed E-state index contributed by atoms with van der Waals surface area (Å²) in [6, 6.07) is 11.6. The molecule has 98 valence electrons. The van der Waals surface area contributed by atoms with Gasteiger partial charge in [0.15, 0.2) is 4.77 Å². The Morgan fingerprint density at radius 2 is 2.00 bits per heavy atom. The van der Waals surface area contributed by atoms with Gasteiger partial charge in [0.2, 0.25) is 0 Å². The standard InChI is InChI=1S/C13H7ClN4S2/c14-7-5-6-9-11(17-20-16-9)12(7)18-10-4-2-1-3-8(10)15-13(18)19/h1-6H,(H,15,19). The summed E-state index contributed by atoms with van der Waals surface area (Å²) in [5.41, 5.74) is 4.30. The first-order chi connectivity index (χ1) is 9.75. The van der Waals surface area contributed by atoms with E-state index in [0.717, 1.165) is 27.8 Å². The molecule has 2 aromatic carbocycles. The highest BCUT2D eigenvalue weighted by Gasteiger charge is 2.15. The number of halogens is 1. The Hall–Kier alpha value is -1.76. The molecule has 0 atom stereocenters. The van der Waals surface area contributed by atoms with Crippen molar-refractivity contribution < 1.29 is 0 Å².